The molecule has 1 aliphatic rings. The van der Waals surface area contributed by atoms with Gasteiger partial charge in [0.1, 0.15) is 5.75 Å². The molecule has 5 nitrogen and oxygen atoms in total. The Balaban J connectivity index is 1.64. The monoisotopic (exact) mass is 331 g/mol. The zero-order chi connectivity index (χ0) is 16.2. The fourth-order valence-corrected chi connectivity index (χ4v) is 3.55. The highest BCUT2D eigenvalue weighted by atomic mass is 32.1. The SMILES string of the molecule is COc1ccc([C@H]2CCCN2C(=O)NCc2csc(C)n2)cc1. The maximum Gasteiger partial charge on any atom is 0.318 e. The van der Waals surface area contributed by atoms with E-state index in [-0.39, 0.29) is 12.1 Å². The second-order valence-corrected chi connectivity index (χ2v) is 6.70. The molecule has 1 aromatic carbocycles. The standard InChI is InChI=1S/C17H21N3O2S/c1-12-19-14(11-23-12)10-18-17(21)20-9-3-4-16(20)13-5-7-15(22-2)8-6-13/h5-8,11,16H,3-4,9-10H2,1-2H3,(H,18,21)/t16-/m1/s1. The van der Waals surface area contributed by atoms with Crippen molar-refractivity contribution in [1.29, 1.82) is 0 Å². The van der Waals surface area contributed by atoms with Gasteiger partial charge in [0.15, 0.2) is 0 Å². The Morgan fingerprint density at radius 3 is 2.87 bits per heavy atom. The lowest BCUT2D eigenvalue weighted by Crippen LogP contribution is -2.39. The smallest absolute Gasteiger partial charge is 0.318 e. The van der Waals surface area contributed by atoms with Crippen LogP contribution in [0.2, 0.25) is 0 Å². The van der Waals surface area contributed by atoms with Crippen LogP contribution in [-0.4, -0.2) is 29.6 Å². The maximum atomic E-state index is 12.5. The normalized spacial score (nSPS) is 17.3. The average Bonchev–Trinajstić information content (AvgIpc) is 3.21. The highest BCUT2D eigenvalue weighted by Gasteiger charge is 2.29. The Labute approximate surface area is 140 Å². The van der Waals surface area contributed by atoms with Crippen LogP contribution in [0.3, 0.4) is 0 Å². The van der Waals surface area contributed by atoms with Crippen molar-refractivity contribution < 1.29 is 9.53 Å². The number of aryl methyl sites for hydroxylation is 1. The highest BCUT2D eigenvalue weighted by molar-refractivity contribution is 7.09. The molecule has 2 amide bonds. The molecule has 0 spiro atoms. The van der Waals surface area contributed by atoms with Crippen molar-refractivity contribution >= 4 is 17.4 Å². The number of likely N-dealkylation sites (tertiary alicyclic amines) is 1. The summed E-state index contributed by atoms with van der Waals surface area (Å²) >= 11 is 1.60. The molecule has 1 aromatic heterocycles. The van der Waals surface area contributed by atoms with Gasteiger partial charge in [0.05, 0.1) is 30.4 Å². The Kier molecular flexibility index (Phi) is 4.81. The molecule has 0 saturated carbocycles. The van der Waals surface area contributed by atoms with Gasteiger partial charge in [-0.3, -0.25) is 0 Å². The van der Waals surface area contributed by atoms with Crippen molar-refractivity contribution in [3.05, 3.63) is 45.9 Å². The summed E-state index contributed by atoms with van der Waals surface area (Å²) < 4.78 is 5.20. The first-order valence-electron chi connectivity index (χ1n) is 7.77. The van der Waals surface area contributed by atoms with Crippen LogP contribution in [0, 0.1) is 6.92 Å². The molecule has 1 atom stereocenters. The third kappa shape index (κ3) is 3.64. The summed E-state index contributed by atoms with van der Waals surface area (Å²) in [6.07, 6.45) is 2.02. The lowest BCUT2D eigenvalue weighted by molar-refractivity contribution is 0.192. The number of hydrogen-bond donors (Lipinski definition) is 1. The zero-order valence-corrected chi connectivity index (χ0v) is 14.2. The van der Waals surface area contributed by atoms with Gasteiger partial charge in [-0.2, -0.15) is 0 Å². The minimum absolute atomic E-state index is 0.0195. The van der Waals surface area contributed by atoms with Gasteiger partial charge in [0.2, 0.25) is 0 Å². The molecule has 3 rings (SSSR count). The van der Waals surface area contributed by atoms with Gasteiger partial charge >= 0.3 is 6.03 Å². The third-order valence-electron chi connectivity index (χ3n) is 4.10. The van der Waals surface area contributed by atoms with Crippen molar-refractivity contribution in [2.75, 3.05) is 13.7 Å². The lowest BCUT2D eigenvalue weighted by atomic mass is 10.0. The highest BCUT2D eigenvalue weighted by Crippen LogP contribution is 2.32. The fourth-order valence-electron chi connectivity index (χ4n) is 2.94. The van der Waals surface area contributed by atoms with E-state index in [1.54, 1.807) is 18.4 Å². The first kappa shape index (κ1) is 15.8. The molecule has 0 unspecified atom stereocenters. The molecular weight excluding hydrogens is 310 g/mol. The van der Waals surface area contributed by atoms with Gasteiger partial charge in [-0.05, 0) is 37.5 Å². The molecule has 2 aromatic rings. The van der Waals surface area contributed by atoms with E-state index in [1.807, 2.05) is 41.5 Å². The van der Waals surface area contributed by atoms with Crippen molar-refractivity contribution in [3.63, 3.8) is 0 Å². The number of carbonyl (C=O) groups is 1. The van der Waals surface area contributed by atoms with Crippen LogP contribution < -0.4 is 10.1 Å². The number of amides is 2. The van der Waals surface area contributed by atoms with E-state index in [9.17, 15) is 4.79 Å². The summed E-state index contributed by atoms with van der Waals surface area (Å²) in [4.78, 5) is 18.8. The predicted molar refractivity (Wildman–Crippen MR) is 90.8 cm³/mol. The van der Waals surface area contributed by atoms with E-state index in [0.29, 0.717) is 6.54 Å². The quantitative estimate of drug-likeness (QED) is 0.933. The summed E-state index contributed by atoms with van der Waals surface area (Å²) in [5, 5.41) is 5.99. The number of urea groups is 1. The Bertz CT molecular complexity index is 669. The Morgan fingerprint density at radius 2 is 2.22 bits per heavy atom. The van der Waals surface area contributed by atoms with Crippen LogP contribution in [0.4, 0.5) is 4.79 Å². The molecule has 1 saturated heterocycles. The maximum absolute atomic E-state index is 12.5. The lowest BCUT2D eigenvalue weighted by Gasteiger charge is -2.25. The number of ether oxygens (including phenoxy) is 1. The van der Waals surface area contributed by atoms with Crippen molar-refractivity contribution in [1.82, 2.24) is 15.2 Å². The summed E-state index contributed by atoms with van der Waals surface area (Å²) in [7, 11) is 1.66. The molecule has 2 heterocycles. The van der Waals surface area contributed by atoms with E-state index < -0.39 is 0 Å². The van der Waals surface area contributed by atoms with Gasteiger partial charge in [0.25, 0.3) is 0 Å². The fraction of sp³-hybridized carbons (Fsp3) is 0.412. The minimum Gasteiger partial charge on any atom is -0.497 e. The number of hydrogen-bond acceptors (Lipinski definition) is 4. The van der Waals surface area contributed by atoms with E-state index in [4.69, 9.17) is 4.74 Å². The molecule has 122 valence electrons. The first-order chi connectivity index (χ1) is 11.2. The van der Waals surface area contributed by atoms with Crippen LogP contribution in [0.1, 0.15) is 35.1 Å². The number of nitrogens with zero attached hydrogens (tertiary/aromatic N) is 2. The first-order valence-corrected chi connectivity index (χ1v) is 8.65. The van der Waals surface area contributed by atoms with Crippen LogP contribution in [-0.2, 0) is 6.54 Å². The average molecular weight is 331 g/mol. The van der Waals surface area contributed by atoms with Crippen LogP contribution in [0.25, 0.3) is 0 Å². The minimum atomic E-state index is -0.0195. The largest absolute Gasteiger partial charge is 0.497 e. The Hall–Kier alpha value is -2.08. The molecule has 1 N–H and O–H groups in total. The molecule has 0 aliphatic carbocycles. The number of methoxy groups -OCH3 is 1. The Morgan fingerprint density at radius 1 is 1.43 bits per heavy atom. The second kappa shape index (κ2) is 7.00. The number of aromatic nitrogens is 1. The van der Waals surface area contributed by atoms with Gasteiger partial charge in [0, 0.05) is 11.9 Å². The van der Waals surface area contributed by atoms with E-state index in [2.05, 4.69) is 10.3 Å². The van der Waals surface area contributed by atoms with E-state index in [0.717, 1.165) is 41.4 Å². The van der Waals surface area contributed by atoms with Crippen LogP contribution in [0.15, 0.2) is 29.6 Å². The van der Waals surface area contributed by atoms with Gasteiger partial charge in [-0.25, -0.2) is 9.78 Å². The number of rotatable bonds is 4. The number of thiazole rings is 1. The van der Waals surface area contributed by atoms with Gasteiger partial charge < -0.3 is 15.0 Å². The van der Waals surface area contributed by atoms with Crippen molar-refractivity contribution in [2.24, 2.45) is 0 Å². The molecule has 0 radical (unpaired) electrons. The summed E-state index contributed by atoms with van der Waals surface area (Å²) in [5.74, 6) is 0.835. The zero-order valence-electron chi connectivity index (χ0n) is 13.4. The van der Waals surface area contributed by atoms with Gasteiger partial charge in [-0.1, -0.05) is 12.1 Å². The molecule has 6 heteroatoms. The molecule has 1 fully saturated rings. The second-order valence-electron chi connectivity index (χ2n) is 5.64. The van der Waals surface area contributed by atoms with E-state index in [1.165, 1.54) is 0 Å². The molecule has 1 aliphatic heterocycles. The number of nitrogens with one attached hydrogen (secondary N) is 1. The number of benzene rings is 1. The van der Waals surface area contributed by atoms with Crippen LogP contribution >= 0.6 is 11.3 Å². The van der Waals surface area contributed by atoms with Crippen LogP contribution in [0.5, 0.6) is 5.75 Å². The van der Waals surface area contributed by atoms with Gasteiger partial charge in [-0.15, -0.1) is 11.3 Å². The predicted octanol–water partition coefficient (Wildman–Crippen LogP) is 3.51. The van der Waals surface area contributed by atoms with E-state index >= 15 is 0 Å². The van der Waals surface area contributed by atoms with Crippen molar-refractivity contribution in [2.45, 2.75) is 32.4 Å². The molecule has 0 bridgehead atoms. The summed E-state index contributed by atoms with van der Waals surface area (Å²) in [5.41, 5.74) is 2.07. The molecule has 23 heavy (non-hydrogen) atoms. The summed E-state index contributed by atoms with van der Waals surface area (Å²) in [6, 6.07) is 8.09. The third-order valence-corrected chi connectivity index (χ3v) is 4.92. The topological polar surface area (TPSA) is 54.5 Å². The summed E-state index contributed by atoms with van der Waals surface area (Å²) in [6.45, 7) is 3.24. The molecular formula is C17H21N3O2S. The number of carbonyl (C=O) groups excluding carboxylic acids is 1. The van der Waals surface area contributed by atoms with Crippen molar-refractivity contribution in [3.8, 4) is 5.75 Å².